The van der Waals surface area contributed by atoms with Gasteiger partial charge in [-0.1, -0.05) is 126 Å². The highest BCUT2D eigenvalue weighted by Gasteiger charge is 2.36. The van der Waals surface area contributed by atoms with Crippen molar-refractivity contribution in [1.82, 2.24) is 9.80 Å². The number of Topliss-reactive ketones (excluding diaryl/α,β-unsaturated/α-hetero) is 1. The zero-order valence-electron chi connectivity index (χ0n) is 25.4. The van der Waals surface area contributed by atoms with Crippen molar-refractivity contribution >= 4 is 23.3 Å². The van der Waals surface area contributed by atoms with E-state index < -0.39 is 11.8 Å². The largest absolute Gasteiger partial charge is 0.411 e. The highest BCUT2D eigenvalue weighted by atomic mass is 16.4. The summed E-state index contributed by atoms with van der Waals surface area (Å²) < 4.78 is 0. The van der Waals surface area contributed by atoms with Crippen molar-refractivity contribution < 1.29 is 19.6 Å². The normalized spacial score (nSPS) is 19.3. The molecule has 1 N–H and O–H groups in total. The molecule has 6 rings (SSSR count). The number of piperidine rings is 2. The van der Waals surface area contributed by atoms with Gasteiger partial charge in [-0.2, -0.15) is 0 Å². The van der Waals surface area contributed by atoms with Crippen LogP contribution in [0.4, 0.5) is 0 Å². The summed E-state index contributed by atoms with van der Waals surface area (Å²) in [6.07, 6.45) is 2.71. The fraction of sp³-hybridized carbons (Fsp3) is 0.263. The van der Waals surface area contributed by atoms with Crippen molar-refractivity contribution in [2.75, 3.05) is 26.2 Å². The smallest absolute Gasteiger partial charge is 0.237 e. The Morgan fingerprint density at radius 3 is 1.42 bits per heavy atom. The number of carbonyl (C=O) groups excluding carboxylic acids is 3. The third kappa shape index (κ3) is 8.12. The van der Waals surface area contributed by atoms with Crippen LogP contribution in [0.1, 0.15) is 46.9 Å². The first-order valence-electron chi connectivity index (χ1n) is 15.5. The summed E-state index contributed by atoms with van der Waals surface area (Å²) in [5.41, 5.74) is 4.68. The Labute approximate surface area is 264 Å². The van der Waals surface area contributed by atoms with Crippen LogP contribution >= 0.6 is 0 Å². The number of hydrogen-bond acceptors (Lipinski definition) is 5. The molecule has 45 heavy (non-hydrogen) atoms. The summed E-state index contributed by atoms with van der Waals surface area (Å²) >= 11 is 0. The van der Waals surface area contributed by atoms with Gasteiger partial charge >= 0.3 is 0 Å². The van der Waals surface area contributed by atoms with E-state index in [4.69, 9.17) is 0 Å². The molecule has 4 aromatic carbocycles. The summed E-state index contributed by atoms with van der Waals surface area (Å²) in [6, 6.07) is 39.2. The molecule has 2 heterocycles. The van der Waals surface area contributed by atoms with Gasteiger partial charge in [0.15, 0.2) is 5.78 Å². The fourth-order valence-corrected chi connectivity index (χ4v) is 5.97. The second kappa shape index (κ2) is 15.6. The predicted molar refractivity (Wildman–Crippen MR) is 175 cm³/mol. The molecular formula is C38H39N3O4. The van der Waals surface area contributed by atoms with Crippen LogP contribution in [0.25, 0.3) is 0 Å². The molecule has 2 saturated heterocycles. The highest BCUT2D eigenvalue weighted by molar-refractivity contribution is 6.11. The zero-order valence-corrected chi connectivity index (χ0v) is 25.4. The van der Waals surface area contributed by atoms with Gasteiger partial charge in [0.25, 0.3) is 0 Å². The monoisotopic (exact) mass is 601 g/mol. The van der Waals surface area contributed by atoms with Crippen LogP contribution in [-0.4, -0.2) is 64.5 Å². The van der Waals surface area contributed by atoms with Gasteiger partial charge in [-0.05, 0) is 35.1 Å². The average Bonchev–Trinajstić information content (AvgIpc) is 3.09. The van der Waals surface area contributed by atoms with Crippen molar-refractivity contribution in [3.05, 3.63) is 144 Å². The number of likely N-dealkylation sites (tertiary alicyclic amines) is 2. The average molecular weight is 602 g/mol. The second-order valence-electron chi connectivity index (χ2n) is 11.4. The third-order valence-corrected chi connectivity index (χ3v) is 8.46. The molecule has 2 amide bonds. The van der Waals surface area contributed by atoms with Crippen LogP contribution in [0.15, 0.2) is 126 Å². The van der Waals surface area contributed by atoms with Crippen molar-refractivity contribution in [2.45, 2.75) is 37.5 Å². The Hall–Kier alpha value is -5.04. The quantitative estimate of drug-likeness (QED) is 0.155. The standard InChI is InChI=1S/C19H20N2O2.C19H19NO2/c22-19-18(16-9-5-2-6-10-16)17(20-23)12-14-21(19)13-11-15-7-3-1-4-8-15;21-17-12-14-20(13-11-15-7-3-1-4-8-15)19(22)18(17)16-9-5-2-6-10-16/h1-10,18,23H,11-14H2;1-10,18H,11-14H2. The Balaban J connectivity index is 0.000000178. The summed E-state index contributed by atoms with van der Waals surface area (Å²) in [6.45, 7) is 2.49. The summed E-state index contributed by atoms with van der Waals surface area (Å²) in [5.74, 6) is -1.09. The lowest BCUT2D eigenvalue weighted by Gasteiger charge is -2.33. The van der Waals surface area contributed by atoms with Crippen LogP contribution in [0, 0.1) is 0 Å². The highest BCUT2D eigenvalue weighted by Crippen LogP contribution is 2.27. The molecule has 0 aliphatic carbocycles. The Bertz CT molecular complexity index is 1580. The van der Waals surface area contributed by atoms with E-state index in [2.05, 4.69) is 29.4 Å². The lowest BCUT2D eigenvalue weighted by molar-refractivity contribution is -0.142. The van der Waals surface area contributed by atoms with Gasteiger partial charge in [0.1, 0.15) is 11.8 Å². The maximum Gasteiger partial charge on any atom is 0.237 e. The number of benzene rings is 4. The van der Waals surface area contributed by atoms with Crippen LogP contribution in [0.5, 0.6) is 0 Å². The number of oxime groups is 1. The van der Waals surface area contributed by atoms with E-state index in [0.29, 0.717) is 44.7 Å². The molecule has 0 aromatic heterocycles. The third-order valence-electron chi connectivity index (χ3n) is 8.46. The van der Waals surface area contributed by atoms with Gasteiger partial charge in [-0.3, -0.25) is 14.4 Å². The van der Waals surface area contributed by atoms with Gasteiger partial charge in [0.2, 0.25) is 11.8 Å². The number of nitrogens with zero attached hydrogens (tertiary/aromatic N) is 3. The van der Waals surface area contributed by atoms with Crippen molar-refractivity contribution in [3.63, 3.8) is 0 Å². The van der Waals surface area contributed by atoms with E-state index in [1.807, 2.05) is 107 Å². The topological polar surface area (TPSA) is 90.3 Å². The molecule has 2 aliphatic rings. The number of ketones is 1. The van der Waals surface area contributed by atoms with E-state index in [1.54, 1.807) is 0 Å². The second-order valence-corrected chi connectivity index (χ2v) is 11.4. The molecule has 230 valence electrons. The van der Waals surface area contributed by atoms with Gasteiger partial charge in [-0.15, -0.1) is 0 Å². The Morgan fingerprint density at radius 2 is 0.956 bits per heavy atom. The molecule has 7 nitrogen and oxygen atoms in total. The SMILES string of the molecule is O=C1C(c2ccccc2)C(=NO)CCN1CCc1ccccc1.O=C1CCN(CCc2ccccc2)C(=O)C1c1ccccc1. The van der Waals surface area contributed by atoms with Crippen molar-refractivity contribution in [1.29, 1.82) is 0 Å². The van der Waals surface area contributed by atoms with E-state index in [0.717, 1.165) is 24.0 Å². The lowest BCUT2D eigenvalue weighted by atomic mass is 9.87. The molecule has 0 radical (unpaired) electrons. The van der Waals surface area contributed by atoms with Gasteiger partial charge < -0.3 is 15.0 Å². The summed E-state index contributed by atoms with van der Waals surface area (Å²) in [5, 5.41) is 12.6. The minimum absolute atomic E-state index is 0.0196. The van der Waals surface area contributed by atoms with Crippen molar-refractivity contribution in [3.8, 4) is 0 Å². The number of carbonyl (C=O) groups is 3. The van der Waals surface area contributed by atoms with Gasteiger partial charge in [-0.25, -0.2) is 0 Å². The Morgan fingerprint density at radius 1 is 0.556 bits per heavy atom. The van der Waals surface area contributed by atoms with Crippen LogP contribution in [0.2, 0.25) is 0 Å². The Kier molecular flexibility index (Phi) is 10.9. The first kappa shape index (κ1) is 31.4. The molecule has 2 fully saturated rings. The number of hydrogen-bond donors (Lipinski definition) is 1. The molecular weight excluding hydrogens is 562 g/mol. The first-order chi connectivity index (χ1) is 22.0. The summed E-state index contributed by atoms with van der Waals surface area (Å²) in [7, 11) is 0. The fourth-order valence-electron chi connectivity index (χ4n) is 5.97. The molecule has 0 saturated carbocycles. The zero-order chi connectivity index (χ0) is 31.4. The number of rotatable bonds is 8. The van der Waals surface area contributed by atoms with E-state index in [9.17, 15) is 19.6 Å². The van der Waals surface area contributed by atoms with Crippen LogP contribution in [0.3, 0.4) is 0 Å². The number of amides is 2. The lowest BCUT2D eigenvalue weighted by Crippen LogP contribution is -2.45. The van der Waals surface area contributed by atoms with Crippen LogP contribution in [-0.2, 0) is 27.2 Å². The minimum atomic E-state index is -0.620. The molecule has 0 bridgehead atoms. The van der Waals surface area contributed by atoms with E-state index in [-0.39, 0.29) is 17.6 Å². The molecule has 2 unspecified atom stereocenters. The van der Waals surface area contributed by atoms with Gasteiger partial charge in [0, 0.05) is 39.0 Å². The minimum Gasteiger partial charge on any atom is -0.411 e. The maximum atomic E-state index is 12.9. The molecule has 0 spiro atoms. The predicted octanol–water partition coefficient (Wildman–Crippen LogP) is 5.89. The maximum absolute atomic E-state index is 12.9. The van der Waals surface area contributed by atoms with Gasteiger partial charge in [0.05, 0.1) is 5.71 Å². The molecule has 7 heteroatoms. The van der Waals surface area contributed by atoms with E-state index >= 15 is 0 Å². The van der Waals surface area contributed by atoms with E-state index in [1.165, 1.54) is 11.1 Å². The molecule has 2 atom stereocenters. The van der Waals surface area contributed by atoms with Crippen LogP contribution < -0.4 is 0 Å². The summed E-state index contributed by atoms with van der Waals surface area (Å²) in [4.78, 5) is 41.4. The molecule has 4 aromatic rings. The first-order valence-corrected chi connectivity index (χ1v) is 15.5. The van der Waals surface area contributed by atoms with Crippen molar-refractivity contribution in [2.24, 2.45) is 5.16 Å². The molecule has 2 aliphatic heterocycles.